The van der Waals surface area contributed by atoms with Crippen LogP contribution >= 0.6 is 0 Å². The van der Waals surface area contributed by atoms with E-state index in [4.69, 9.17) is 14.2 Å². The molecule has 308 valence electrons. The minimum Gasteiger partial charge on any atom is -0.462 e. The van der Waals surface area contributed by atoms with Crippen molar-refractivity contribution in [3.8, 4) is 0 Å². The summed E-state index contributed by atoms with van der Waals surface area (Å²) in [5, 5.41) is 0. The van der Waals surface area contributed by atoms with Crippen LogP contribution in [0.2, 0.25) is 0 Å². The number of rotatable bonds is 40. The third-order valence-electron chi connectivity index (χ3n) is 10.2. The molecule has 0 aromatic rings. The van der Waals surface area contributed by atoms with Crippen LogP contribution in [0.5, 0.6) is 0 Å². The van der Waals surface area contributed by atoms with E-state index in [-0.39, 0.29) is 31.1 Å². The molecule has 0 saturated heterocycles. The van der Waals surface area contributed by atoms with Gasteiger partial charge in [0.25, 0.3) is 0 Å². The third kappa shape index (κ3) is 39.6. The highest BCUT2D eigenvalue weighted by atomic mass is 16.6. The van der Waals surface area contributed by atoms with Crippen LogP contribution in [0.1, 0.15) is 247 Å². The van der Waals surface area contributed by atoms with Crippen molar-refractivity contribution in [2.45, 2.75) is 253 Å². The standard InChI is InChI=1S/C46H88O6/c1-6-7-8-24-31-36-44(47)50-39-43(40-51-45(48)37-32-27-22-18-15-11-13-17-21-26-30-35-42(4)5)52-46(49)38-33-28-23-19-14-10-9-12-16-20-25-29-34-41(2)3/h41-43H,6-40H2,1-5H3/t43-/m0/s1. The number of unbranched alkanes of at least 4 members (excludes halogenated alkanes) is 25. The maximum atomic E-state index is 12.7. The summed E-state index contributed by atoms with van der Waals surface area (Å²) in [4.78, 5) is 37.5. The van der Waals surface area contributed by atoms with Crippen LogP contribution in [-0.4, -0.2) is 37.2 Å². The van der Waals surface area contributed by atoms with Crippen molar-refractivity contribution in [3.05, 3.63) is 0 Å². The zero-order valence-corrected chi connectivity index (χ0v) is 35.4. The van der Waals surface area contributed by atoms with E-state index in [2.05, 4.69) is 34.6 Å². The van der Waals surface area contributed by atoms with Crippen LogP contribution in [0.25, 0.3) is 0 Å². The maximum Gasteiger partial charge on any atom is 0.306 e. The first-order valence-corrected chi connectivity index (χ1v) is 22.7. The number of carbonyl (C=O) groups is 3. The highest BCUT2D eigenvalue weighted by Gasteiger charge is 2.19. The van der Waals surface area contributed by atoms with Crippen LogP contribution in [-0.2, 0) is 28.6 Å². The van der Waals surface area contributed by atoms with Gasteiger partial charge in [-0.2, -0.15) is 0 Å². The number of ether oxygens (including phenoxy) is 3. The molecule has 0 fully saturated rings. The van der Waals surface area contributed by atoms with Crippen molar-refractivity contribution in [2.24, 2.45) is 11.8 Å². The second-order valence-corrected chi connectivity index (χ2v) is 16.6. The van der Waals surface area contributed by atoms with Crippen molar-refractivity contribution in [1.29, 1.82) is 0 Å². The van der Waals surface area contributed by atoms with Crippen molar-refractivity contribution in [3.63, 3.8) is 0 Å². The fourth-order valence-corrected chi connectivity index (χ4v) is 6.75. The van der Waals surface area contributed by atoms with E-state index in [0.717, 1.165) is 76.0 Å². The molecule has 1 atom stereocenters. The topological polar surface area (TPSA) is 78.9 Å². The zero-order chi connectivity index (χ0) is 38.3. The van der Waals surface area contributed by atoms with Gasteiger partial charge in [-0.25, -0.2) is 0 Å². The minimum absolute atomic E-state index is 0.0657. The van der Waals surface area contributed by atoms with Crippen LogP contribution in [0, 0.1) is 11.8 Å². The van der Waals surface area contributed by atoms with Gasteiger partial charge in [-0.3, -0.25) is 14.4 Å². The molecule has 0 N–H and O–H groups in total. The average molecular weight is 737 g/mol. The SMILES string of the molecule is CCCCCCCC(=O)OC[C@@H](COC(=O)CCCCCCCCCCCCCC(C)C)OC(=O)CCCCCCCCCCCCCCC(C)C. The normalized spacial score (nSPS) is 12.1. The Morgan fingerprint density at radius 2 is 0.635 bits per heavy atom. The van der Waals surface area contributed by atoms with Gasteiger partial charge in [0.15, 0.2) is 6.10 Å². The predicted octanol–water partition coefficient (Wildman–Crippen LogP) is 14.2. The highest BCUT2D eigenvalue weighted by molar-refractivity contribution is 5.71. The van der Waals surface area contributed by atoms with E-state index >= 15 is 0 Å². The highest BCUT2D eigenvalue weighted by Crippen LogP contribution is 2.16. The van der Waals surface area contributed by atoms with Gasteiger partial charge in [0, 0.05) is 19.3 Å². The molecule has 0 aliphatic carbocycles. The lowest BCUT2D eigenvalue weighted by molar-refractivity contribution is -0.167. The Bertz CT molecular complexity index is 794. The van der Waals surface area contributed by atoms with Gasteiger partial charge >= 0.3 is 17.9 Å². The second-order valence-electron chi connectivity index (χ2n) is 16.6. The van der Waals surface area contributed by atoms with E-state index in [1.165, 1.54) is 128 Å². The summed E-state index contributed by atoms with van der Waals surface area (Å²) in [5.74, 6) is 0.788. The largest absolute Gasteiger partial charge is 0.462 e. The summed E-state index contributed by atoms with van der Waals surface area (Å²) >= 11 is 0. The minimum atomic E-state index is -0.758. The first kappa shape index (κ1) is 50.4. The Labute approximate surface area is 323 Å². The van der Waals surface area contributed by atoms with E-state index < -0.39 is 6.10 Å². The molecule has 0 saturated carbocycles. The van der Waals surface area contributed by atoms with E-state index in [1.807, 2.05) is 0 Å². The molecular formula is C46H88O6. The van der Waals surface area contributed by atoms with Crippen LogP contribution in [0.15, 0.2) is 0 Å². The molecule has 6 heteroatoms. The van der Waals surface area contributed by atoms with Crippen LogP contribution in [0.3, 0.4) is 0 Å². The quantitative estimate of drug-likeness (QED) is 0.0354. The van der Waals surface area contributed by atoms with Crippen LogP contribution < -0.4 is 0 Å². The number of hydrogen-bond donors (Lipinski definition) is 0. The Morgan fingerprint density at radius 1 is 0.365 bits per heavy atom. The molecule has 0 spiro atoms. The Hall–Kier alpha value is -1.59. The van der Waals surface area contributed by atoms with Gasteiger partial charge in [-0.1, -0.05) is 208 Å². The first-order chi connectivity index (χ1) is 25.2. The van der Waals surface area contributed by atoms with Crippen molar-refractivity contribution in [1.82, 2.24) is 0 Å². The fraction of sp³-hybridized carbons (Fsp3) is 0.935. The molecule has 0 aliphatic rings. The van der Waals surface area contributed by atoms with E-state index in [0.29, 0.717) is 19.3 Å². The molecule has 0 aliphatic heterocycles. The molecule has 0 radical (unpaired) electrons. The lowest BCUT2D eigenvalue weighted by Gasteiger charge is -2.18. The van der Waals surface area contributed by atoms with Gasteiger partial charge < -0.3 is 14.2 Å². The molecule has 0 amide bonds. The second kappa shape index (κ2) is 39.1. The predicted molar refractivity (Wildman–Crippen MR) is 220 cm³/mol. The molecule has 0 rings (SSSR count). The molecular weight excluding hydrogens is 649 g/mol. The van der Waals surface area contributed by atoms with Gasteiger partial charge in [0.2, 0.25) is 0 Å². The number of esters is 3. The van der Waals surface area contributed by atoms with Gasteiger partial charge in [0.1, 0.15) is 13.2 Å². The lowest BCUT2D eigenvalue weighted by Crippen LogP contribution is -2.30. The van der Waals surface area contributed by atoms with Gasteiger partial charge in [-0.15, -0.1) is 0 Å². The van der Waals surface area contributed by atoms with Crippen LogP contribution in [0.4, 0.5) is 0 Å². The Morgan fingerprint density at radius 3 is 0.942 bits per heavy atom. The van der Waals surface area contributed by atoms with E-state index in [1.54, 1.807) is 0 Å². The molecule has 6 nitrogen and oxygen atoms in total. The molecule has 0 unspecified atom stereocenters. The Kier molecular flexibility index (Phi) is 37.9. The van der Waals surface area contributed by atoms with E-state index in [9.17, 15) is 14.4 Å². The maximum absolute atomic E-state index is 12.7. The third-order valence-corrected chi connectivity index (χ3v) is 10.2. The Balaban J connectivity index is 4.19. The summed E-state index contributed by atoms with van der Waals surface area (Å²) in [7, 11) is 0. The smallest absolute Gasteiger partial charge is 0.306 e. The molecule has 0 aromatic heterocycles. The van der Waals surface area contributed by atoms with Crippen molar-refractivity contribution in [2.75, 3.05) is 13.2 Å². The summed E-state index contributed by atoms with van der Waals surface area (Å²) in [6.07, 6.45) is 36.9. The number of hydrogen-bond acceptors (Lipinski definition) is 6. The zero-order valence-electron chi connectivity index (χ0n) is 35.4. The molecule has 0 bridgehead atoms. The summed E-state index contributed by atoms with van der Waals surface area (Å²) in [6.45, 7) is 11.3. The molecule has 0 heterocycles. The summed E-state index contributed by atoms with van der Waals surface area (Å²) in [5.41, 5.74) is 0. The average Bonchev–Trinajstić information content (AvgIpc) is 3.11. The number of carbonyl (C=O) groups excluding carboxylic acids is 3. The molecule has 0 aromatic carbocycles. The lowest BCUT2D eigenvalue weighted by atomic mass is 10.0. The summed E-state index contributed by atoms with van der Waals surface area (Å²) in [6, 6.07) is 0. The van der Waals surface area contributed by atoms with Crippen molar-refractivity contribution < 1.29 is 28.6 Å². The monoisotopic (exact) mass is 737 g/mol. The van der Waals surface area contributed by atoms with Gasteiger partial charge in [-0.05, 0) is 31.1 Å². The fourth-order valence-electron chi connectivity index (χ4n) is 6.75. The van der Waals surface area contributed by atoms with Gasteiger partial charge in [0.05, 0.1) is 0 Å². The summed E-state index contributed by atoms with van der Waals surface area (Å²) < 4.78 is 16.6. The molecule has 52 heavy (non-hydrogen) atoms. The van der Waals surface area contributed by atoms with Crippen molar-refractivity contribution >= 4 is 17.9 Å². The first-order valence-electron chi connectivity index (χ1n) is 22.7.